The van der Waals surface area contributed by atoms with Gasteiger partial charge in [-0.25, -0.2) is 14.2 Å². The van der Waals surface area contributed by atoms with Crippen molar-refractivity contribution in [2.75, 3.05) is 27.2 Å². The van der Waals surface area contributed by atoms with Crippen LogP contribution in [0.15, 0.2) is 36.4 Å². The highest BCUT2D eigenvalue weighted by atomic mass is 19.1. The number of amides is 1. The molecule has 8 nitrogen and oxygen atoms in total. The lowest BCUT2D eigenvalue weighted by Crippen LogP contribution is -2.34. The van der Waals surface area contributed by atoms with Gasteiger partial charge in [0.1, 0.15) is 17.3 Å². The fourth-order valence-electron chi connectivity index (χ4n) is 4.90. The van der Waals surface area contributed by atoms with Crippen LogP contribution in [0.25, 0.3) is 32.8 Å². The van der Waals surface area contributed by atoms with Crippen molar-refractivity contribution in [3.8, 4) is 17.1 Å². The molecule has 0 aliphatic carbocycles. The van der Waals surface area contributed by atoms with Gasteiger partial charge in [-0.05, 0) is 58.6 Å². The summed E-state index contributed by atoms with van der Waals surface area (Å²) in [5, 5.41) is 5.53. The molecule has 1 saturated heterocycles. The fraction of sp³-hybridized carbons (Fsp3) is 0.333. The molecule has 1 amide bonds. The minimum Gasteiger partial charge on any atom is -0.336 e. The first-order chi connectivity index (χ1) is 17.2. The van der Waals surface area contributed by atoms with Crippen molar-refractivity contribution in [1.29, 1.82) is 0 Å². The van der Waals surface area contributed by atoms with Crippen LogP contribution in [0, 0.1) is 26.2 Å². The Morgan fingerprint density at radius 3 is 2.61 bits per heavy atom. The third kappa shape index (κ3) is 3.84. The van der Waals surface area contributed by atoms with Crippen molar-refractivity contribution in [1.82, 2.24) is 29.1 Å². The maximum Gasteiger partial charge on any atom is 0.274 e. The first-order valence-electron chi connectivity index (χ1n) is 11.9. The summed E-state index contributed by atoms with van der Waals surface area (Å²) in [6.45, 7) is 12.4. The van der Waals surface area contributed by atoms with Gasteiger partial charge in [0, 0.05) is 48.5 Å². The minimum absolute atomic E-state index is 0.0518. The number of fused-ring (bicyclic) bond motifs is 1. The number of aryl methyl sites for hydroxylation is 2. The number of aromatic nitrogens is 4. The molecule has 2 aromatic heterocycles. The smallest absolute Gasteiger partial charge is 0.274 e. The zero-order valence-electron chi connectivity index (χ0n) is 21.1. The van der Waals surface area contributed by atoms with Gasteiger partial charge in [-0.3, -0.25) is 14.0 Å². The van der Waals surface area contributed by atoms with Gasteiger partial charge in [-0.1, -0.05) is 12.1 Å². The number of carbonyl (C=O) groups excluding carboxylic acids is 1. The predicted octanol–water partition coefficient (Wildman–Crippen LogP) is 4.51. The van der Waals surface area contributed by atoms with E-state index in [1.807, 2.05) is 67.3 Å². The Hall–Kier alpha value is -4.03. The van der Waals surface area contributed by atoms with Crippen molar-refractivity contribution < 1.29 is 9.18 Å². The van der Waals surface area contributed by atoms with Crippen molar-refractivity contribution in [3.05, 3.63) is 70.7 Å². The summed E-state index contributed by atoms with van der Waals surface area (Å²) >= 11 is 0. The SMILES string of the molecule is [C-]#[N+]c1ccc(-c2nc(C(=O)N3CC[C@H](N(C)C)C3)c(C)n2-c2ccc3nn(C)c(C)c3c2)cc1F. The summed E-state index contributed by atoms with van der Waals surface area (Å²) in [5.41, 5.74) is 4.16. The second kappa shape index (κ2) is 8.88. The predicted molar refractivity (Wildman–Crippen MR) is 137 cm³/mol. The number of halogens is 1. The van der Waals surface area contributed by atoms with E-state index in [0.29, 0.717) is 41.9 Å². The number of imidazole rings is 1. The Balaban J connectivity index is 1.67. The van der Waals surface area contributed by atoms with Gasteiger partial charge < -0.3 is 9.80 Å². The molecule has 1 aliphatic rings. The third-order valence-electron chi connectivity index (χ3n) is 7.19. The molecule has 0 saturated carbocycles. The number of likely N-dealkylation sites (tertiary alicyclic amines) is 1. The molecule has 5 rings (SSSR count). The summed E-state index contributed by atoms with van der Waals surface area (Å²) in [5.74, 6) is -0.293. The quantitative estimate of drug-likeness (QED) is 0.399. The summed E-state index contributed by atoms with van der Waals surface area (Å²) in [4.78, 5) is 25.6. The second-order valence-corrected chi connectivity index (χ2v) is 9.55. The number of benzene rings is 2. The van der Waals surface area contributed by atoms with Crippen LogP contribution >= 0.6 is 0 Å². The number of nitrogens with zero attached hydrogens (tertiary/aromatic N) is 7. The van der Waals surface area contributed by atoms with Crippen molar-refractivity contribution in [2.45, 2.75) is 26.3 Å². The molecule has 0 unspecified atom stereocenters. The number of rotatable bonds is 4. The average molecular weight is 486 g/mol. The van der Waals surface area contributed by atoms with Crippen molar-refractivity contribution in [3.63, 3.8) is 0 Å². The third-order valence-corrected chi connectivity index (χ3v) is 7.19. The molecule has 36 heavy (non-hydrogen) atoms. The Morgan fingerprint density at radius 1 is 1.17 bits per heavy atom. The van der Waals surface area contributed by atoms with Crippen LogP contribution < -0.4 is 0 Å². The molecule has 1 fully saturated rings. The molecule has 0 bridgehead atoms. The first kappa shape index (κ1) is 23.7. The normalized spacial score (nSPS) is 15.7. The number of hydrogen-bond acceptors (Lipinski definition) is 4. The molecule has 4 aromatic rings. The molecular weight excluding hydrogens is 457 g/mol. The van der Waals surface area contributed by atoms with E-state index in [1.54, 1.807) is 6.07 Å². The Morgan fingerprint density at radius 2 is 1.94 bits per heavy atom. The maximum atomic E-state index is 14.6. The van der Waals surface area contributed by atoms with Gasteiger partial charge in [0.25, 0.3) is 5.91 Å². The van der Waals surface area contributed by atoms with E-state index in [-0.39, 0.29) is 11.6 Å². The highest BCUT2D eigenvalue weighted by Gasteiger charge is 2.32. The van der Waals surface area contributed by atoms with E-state index in [0.717, 1.165) is 28.7 Å². The standard InChI is InChI=1S/C27H28FN7O/c1-16-21-14-19(8-10-23(21)31-33(16)6)35-17(2)25(27(36)34-12-11-20(15-34)32(4)5)30-26(35)18-7-9-24(29-3)22(28)13-18/h7-10,13-14,20H,11-12,15H2,1-2,4-6H3/t20-/m0/s1. The fourth-order valence-corrected chi connectivity index (χ4v) is 4.90. The van der Waals surface area contributed by atoms with Crippen LogP contribution in [-0.4, -0.2) is 68.3 Å². The second-order valence-electron chi connectivity index (χ2n) is 9.55. The molecule has 9 heteroatoms. The average Bonchev–Trinajstić information content (AvgIpc) is 3.55. The number of likely N-dealkylation sites (N-methyl/N-ethyl adjacent to an activating group) is 1. The Kier molecular flexibility index (Phi) is 5.85. The molecule has 0 radical (unpaired) electrons. The largest absolute Gasteiger partial charge is 0.336 e. The first-order valence-corrected chi connectivity index (χ1v) is 11.9. The van der Waals surface area contributed by atoms with Crippen LogP contribution in [0.5, 0.6) is 0 Å². The topological polar surface area (TPSA) is 63.6 Å². The van der Waals surface area contributed by atoms with Gasteiger partial charge in [-0.2, -0.15) is 5.10 Å². The van der Waals surface area contributed by atoms with Crippen LogP contribution in [-0.2, 0) is 7.05 Å². The molecule has 184 valence electrons. The van der Waals surface area contributed by atoms with Gasteiger partial charge in [0.15, 0.2) is 0 Å². The highest BCUT2D eigenvalue weighted by Crippen LogP contribution is 2.32. The van der Waals surface area contributed by atoms with Gasteiger partial charge in [0.2, 0.25) is 5.69 Å². The van der Waals surface area contributed by atoms with Gasteiger partial charge >= 0.3 is 0 Å². The number of carbonyl (C=O) groups is 1. The lowest BCUT2D eigenvalue weighted by molar-refractivity contribution is 0.0777. The van der Waals surface area contributed by atoms with Crippen LogP contribution in [0.4, 0.5) is 10.1 Å². The van der Waals surface area contributed by atoms with Crippen molar-refractivity contribution in [2.24, 2.45) is 7.05 Å². The maximum absolute atomic E-state index is 14.6. The lowest BCUT2D eigenvalue weighted by atomic mass is 10.1. The van der Waals surface area contributed by atoms with E-state index in [9.17, 15) is 9.18 Å². The van der Waals surface area contributed by atoms with Crippen molar-refractivity contribution >= 4 is 22.5 Å². The molecule has 0 N–H and O–H groups in total. The van der Waals surface area contributed by atoms with E-state index < -0.39 is 5.82 Å². The van der Waals surface area contributed by atoms with Gasteiger partial charge in [-0.15, -0.1) is 0 Å². The molecule has 2 aromatic carbocycles. The highest BCUT2D eigenvalue weighted by molar-refractivity contribution is 5.95. The number of hydrogen-bond donors (Lipinski definition) is 0. The summed E-state index contributed by atoms with van der Waals surface area (Å²) in [7, 11) is 5.95. The molecule has 1 atom stereocenters. The van der Waals surface area contributed by atoms with E-state index in [1.165, 1.54) is 12.1 Å². The van der Waals surface area contributed by atoms with E-state index in [4.69, 9.17) is 11.6 Å². The lowest BCUT2D eigenvalue weighted by Gasteiger charge is -2.20. The molecule has 1 aliphatic heterocycles. The summed E-state index contributed by atoms with van der Waals surface area (Å²) in [6.07, 6.45) is 0.908. The van der Waals surface area contributed by atoms with Gasteiger partial charge in [0.05, 0.1) is 17.8 Å². The summed E-state index contributed by atoms with van der Waals surface area (Å²) < 4.78 is 18.3. The monoisotopic (exact) mass is 485 g/mol. The van der Waals surface area contributed by atoms with Crippen LogP contribution in [0.3, 0.4) is 0 Å². The molecule has 0 spiro atoms. The van der Waals surface area contributed by atoms with Crippen LogP contribution in [0.1, 0.15) is 28.3 Å². The zero-order valence-corrected chi connectivity index (χ0v) is 21.1. The zero-order chi connectivity index (χ0) is 25.7. The molecular formula is C27H28FN7O. The summed E-state index contributed by atoms with van der Waals surface area (Å²) in [6, 6.07) is 10.6. The minimum atomic E-state index is -0.616. The van der Waals surface area contributed by atoms with Crippen LogP contribution in [0.2, 0.25) is 0 Å². The Bertz CT molecular complexity index is 1540. The van der Waals surface area contributed by atoms with E-state index in [2.05, 4.69) is 14.8 Å². The Labute approximate surface area is 209 Å². The van der Waals surface area contributed by atoms with E-state index >= 15 is 0 Å². The molecule has 3 heterocycles.